The first-order chi connectivity index (χ1) is 12.0. The molecule has 0 unspecified atom stereocenters. The molecule has 3 rings (SSSR count). The summed E-state index contributed by atoms with van der Waals surface area (Å²) >= 11 is 9.42. The molecule has 0 saturated carbocycles. The molecule has 2 aromatic carbocycles. The highest BCUT2D eigenvalue weighted by Crippen LogP contribution is 2.36. The van der Waals surface area contributed by atoms with Crippen LogP contribution in [0.4, 0.5) is 11.4 Å². The van der Waals surface area contributed by atoms with Gasteiger partial charge in [-0.3, -0.25) is 9.59 Å². The van der Waals surface area contributed by atoms with Crippen molar-refractivity contribution in [3.8, 4) is 5.75 Å². The second-order valence-electron chi connectivity index (χ2n) is 5.62. The van der Waals surface area contributed by atoms with E-state index in [0.29, 0.717) is 39.5 Å². The topological polar surface area (TPSA) is 58.6 Å². The average molecular weight is 424 g/mol. The van der Waals surface area contributed by atoms with Crippen LogP contribution in [0.1, 0.15) is 23.2 Å². The van der Waals surface area contributed by atoms with Gasteiger partial charge in [0, 0.05) is 29.2 Å². The SMILES string of the molecule is COc1c(Br)cc(Cl)cc1NC(=O)c1cccc(N2CCCC2=O)c1. The van der Waals surface area contributed by atoms with Crippen LogP contribution in [0.15, 0.2) is 40.9 Å². The van der Waals surface area contributed by atoms with Gasteiger partial charge in [0.15, 0.2) is 5.75 Å². The van der Waals surface area contributed by atoms with Gasteiger partial charge in [-0.1, -0.05) is 17.7 Å². The third-order valence-corrected chi connectivity index (χ3v) is 4.76. The van der Waals surface area contributed by atoms with E-state index in [-0.39, 0.29) is 11.8 Å². The number of methoxy groups -OCH3 is 1. The lowest BCUT2D eigenvalue weighted by molar-refractivity contribution is -0.117. The van der Waals surface area contributed by atoms with Gasteiger partial charge in [0.1, 0.15) is 0 Å². The minimum Gasteiger partial charge on any atom is -0.493 e. The Kier molecular flexibility index (Phi) is 5.30. The number of halogens is 2. The molecule has 1 fully saturated rings. The summed E-state index contributed by atoms with van der Waals surface area (Å²) in [6.07, 6.45) is 1.38. The molecule has 2 aromatic rings. The Morgan fingerprint density at radius 2 is 2.12 bits per heavy atom. The van der Waals surface area contributed by atoms with Gasteiger partial charge in [-0.05, 0) is 52.7 Å². The molecule has 0 aliphatic carbocycles. The number of benzene rings is 2. The van der Waals surface area contributed by atoms with Gasteiger partial charge >= 0.3 is 0 Å². The Balaban J connectivity index is 1.86. The van der Waals surface area contributed by atoms with Crippen LogP contribution in [0.25, 0.3) is 0 Å². The molecular weight excluding hydrogens is 408 g/mol. The first kappa shape index (κ1) is 17.8. The van der Waals surface area contributed by atoms with Crippen LogP contribution < -0.4 is 15.0 Å². The number of hydrogen-bond acceptors (Lipinski definition) is 3. The smallest absolute Gasteiger partial charge is 0.255 e. The number of nitrogens with zero attached hydrogens (tertiary/aromatic N) is 1. The number of carbonyl (C=O) groups excluding carboxylic acids is 2. The minimum atomic E-state index is -0.305. The van der Waals surface area contributed by atoms with Crippen LogP contribution in [0.2, 0.25) is 5.02 Å². The molecule has 7 heteroatoms. The van der Waals surface area contributed by atoms with Gasteiger partial charge in [-0.2, -0.15) is 0 Å². The normalized spacial score (nSPS) is 13.9. The molecule has 1 saturated heterocycles. The van der Waals surface area contributed by atoms with Crippen molar-refractivity contribution in [2.24, 2.45) is 0 Å². The molecule has 0 spiro atoms. The van der Waals surface area contributed by atoms with E-state index in [4.69, 9.17) is 16.3 Å². The van der Waals surface area contributed by atoms with Gasteiger partial charge in [0.05, 0.1) is 17.3 Å². The van der Waals surface area contributed by atoms with Crippen LogP contribution in [0.3, 0.4) is 0 Å². The summed E-state index contributed by atoms with van der Waals surface area (Å²) in [6, 6.07) is 10.3. The molecule has 0 aromatic heterocycles. The Morgan fingerprint density at radius 3 is 2.80 bits per heavy atom. The zero-order valence-electron chi connectivity index (χ0n) is 13.5. The minimum absolute atomic E-state index is 0.0815. The Bertz CT molecular complexity index is 841. The van der Waals surface area contributed by atoms with Gasteiger partial charge in [0.2, 0.25) is 5.91 Å². The second kappa shape index (κ2) is 7.45. The number of nitrogens with one attached hydrogen (secondary N) is 1. The zero-order valence-corrected chi connectivity index (χ0v) is 15.9. The van der Waals surface area contributed by atoms with Crippen LogP contribution in [0.5, 0.6) is 5.75 Å². The monoisotopic (exact) mass is 422 g/mol. The maximum atomic E-state index is 12.6. The number of rotatable bonds is 4. The van der Waals surface area contributed by atoms with Crippen molar-refractivity contribution in [3.63, 3.8) is 0 Å². The van der Waals surface area contributed by atoms with Crippen molar-refractivity contribution in [2.75, 3.05) is 23.9 Å². The van der Waals surface area contributed by atoms with E-state index in [1.165, 1.54) is 7.11 Å². The van der Waals surface area contributed by atoms with E-state index in [1.807, 2.05) is 6.07 Å². The van der Waals surface area contributed by atoms with Crippen LogP contribution in [-0.4, -0.2) is 25.5 Å². The zero-order chi connectivity index (χ0) is 18.0. The van der Waals surface area contributed by atoms with Crippen molar-refractivity contribution in [1.29, 1.82) is 0 Å². The second-order valence-corrected chi connectivity index (χ2v) is 6.91. The Hall–Kier alpha value is -2.05. The number of anilines is 2. The highest BCUT2D eigenvalue weighted by Gasteiger charge is 2.22. The lowest BCUT2D eigenvalue weighted by Crippen LogP contribution is -2.24. The first-order valence-corrected chi connectivity index (χ1v) is 8.91. The summed E-state index contributed by atoms with van der Waals surface area (Å²) in [6.45, 7) is 0.680. The fourth-order valence-electron chi connectivity index (χ4n) is 2.79. The molecule has 0 bridgehead atoms. The summed E-state index contributed by atoms with van der Waals surface area (Å²) in [5.74, 6) is 0.266. The predicted molar refractivity (Wildman–Crippen MR) is 102 cm³/mol. The lowest BCUT2D eigenvalue weighted by Gasteiger charge is -2.17. The maximum absolute atomic E-state index is 12.6. The van der Waals surface area contributed by atoms with Crippen molar-refractivity contribution in [3.05, 3.63) is 51.5 Å². The predicted octanol–water partition coefficient (Wildman–Crippen LogP) is 4.49. The standard InChI is InChI=1S/C18H16BrClN2O3/c1-25-17-14(19)9-12(20)10-15(17)21-18(24)11-4-2-5-13(8-11)22-7-3-6-16(22)23/h2,4-5,8-10H,3,6-7H2,1H3,(H,21,24). The lowest BCUT2D eigenvalue weighted by atomic mass is 10.1. The molecule has 2 amide bonds. The molecule has 0 atom stereocenters. The molecule has 1 aliphatic rings. The Labute approximate surface area is 159 Å². The summed E-state index contributed by atoms with van der Waals surface area (Å²) in [5.41, 5.74) is 1.65. The molecule has 1 aliphatic heterocycles. The van der Waals surface area contributed by atoms with E-state index in [0.717, 1.165) is 12.1 Å². The number of hydrogen-bond donors (Lipinski definition) is 1. The van der Waals surface area contributed by atoms with E-state index in [1.54, 1.807) is 35.2 Å². The van der Waals surface area contributed by atoms with Crippen LogP contribution >= 0.6 is 27.5 Å². The van der Waals surface area contributed by atoms with Crippen molar-refractivity contribution < 1.29 is 14.3 Å². The van der Waals surface area contributed by atoms with Crippen molar-refractivity contribution in [2.45, 2.75) is 12.8 Å². The number of carbonyl (C=O) groups is 2. The summed E-state index contributed by atoms with van der Waals surface area (Å²) < 4.78 is 5.96. The van der Waals surface area contributed by atoms with Gasteiger partial charge in [-0.25, -0.2) is 0 Å². The van der Waals surface area contributed by atoms with Gasteiger partial charge < -0.3 is 15.0 Å². The fourth-order valence-corrected chi connectivity index (χ4v) is 3.76. The van der Waals surface area contributed by atoms with E-state index in [2.05, 4.69) is 21.2 Å². The molecule has 1 heterocycles. The highest BCUT2D eigenvalue weighted by molar-refractivity contribution is 9.10. The molecule has 25 heavy (non-hydrogen) atoms. The third-order valence-electron chi connectivity index (χ3n) is 3.95. The van der Waals surface area contributed by atoms with E-state index >= 15 is 0 Å². The molecule has 130 valence electrons. The molecule has 5 nitrogen and oxygen atoms in total. The van der Waals surface area contributed by atoms with Crippen molar-refractivity contribution in [1.82, 2.24) is 0 Å². The summed E-state index contributed by atoms with van der Waals surface area (Å²) in [4.78, 5) is 26.2. The molecule has 0 radical (unpaired) electrons. The number of amides is 2. The third kappa shape index (κ3) is 3.80. The Morgan fingerprint density at radius 1 is 1.32 bits per heavy atom. The van der Waals surface area contributed by atoms with Gasteiger partial charge in [-0.15, -0.1) is 0 Å². The molecule has 1 N–H and O–H groups in total. The first-order valence-electron chi connectivity index (χ1n) is 7.74. The van der Waals surface area contributed by atoms with Gasteiger partial charge in [0.25, 0.3) is 5.91 Å². The largest absolute Gasteiger partial charge is 0.493 e. The van der Waals surface area contributed by atoms with E-state index < -0.39 is 0 Å². The summed E-state index contributed by atoms with van der Waals surface area (Å²) in [7, 11) is 1.52. The quantitative estimate of drug-likeness (QED) is 0.788. The maximum Gasteiger partial charge on any atom is 0.255 e. The van der Waals surface area contributed by atoms with E-state index in [9.17, 15) is 9.59 Å². The van der Waals surface area contributed by atoms with Crippen LogP contribution in [-0.2, 0) is 4.79 Å². The van der Waals surface area contributed by atoms with Crippen molar-refractivity contribution >= 4 is 50.7 Å². The summed E-state index contributed by atoms with van der Waals surface area (Å²) in [5, 5.41) is 3.28. The molecular formula is C18H16BrClN2O3. The highest BCUT2D eigenvalue weighted by atomic mass is 79.9. The average Bonchev–Trinajstić information content (AvgIpc) is 3.00. The fraction of sp³-hybridized carbons (Fsp3) is 0.222. The van der Waals surface area contributed by atoms with Crippen LogP contribution in [0, 0.1) is 0 Å². The number of ether oxygens (including phenoxy) is 1.